The number of unbranched alkanes of at least 4 members (excludes halogenated alkanes) is 18. The van der Waals surface area contributed by atoms with Crippen LogP contribution in [-0.4, -0.2) is 12.6 Å². The average Bonchev–Trinajstić information content (AvgIpc) is 3.03. The Kier molecular flexibility index (Phi) is 35.8. The van der Waals surface area contributed by atoms with Gasteiger partial charge in [0.1, 0.15) is 0 Å². The maximum atomic E-state index is 12.2. The SMILES string of the molecule is CCCCC/C=C\C/C=C\CCCCCCCCC(=CC(=O)OCCC)CCCCCCCC/C=C\C/C=C\CCCCC. The van der Waals surface area contributed by atoms with E-state index in [0.717, 1.165) is 32.1 Å². The van der Waals surface area contributed by atoms with E-state index in [2.05, 4.69) is 62.5 Å². The zero-order chi connectivity index (χ0) is 32.0. The number of carbonyl (C=O) groups excluding carboxylic acids is 1. The van der Waals surface area contributed by atoms with Crippen LogP contribution in [-0.2, 0) is 9.53 Å². The van der Waals surface area contributed by atoms with Gasteiger partial charge in [0.25, 0.3) is 0 Å². The molecule has 0 fully saturated rings. The first-order chi connectivity index (χ1) is 21.7. The molecule has 0 spiro atoms. The lowest BCUT2D eigenvalue weighted by Crippen LogP contribution is -2.03. The highest BCUT2D eigenvalue weighted by Crippen LogP contribution is 2.19. The molecule has 0 N–H and O–H groups in total. The Balaban J connectivity index is 3.93. The molecule has 0 heterocycles. The molecule has 2 heteroatoms. The molecule has 254 valence electrons. The summed E-state index contributed by atoms with van der Waals surface area (Å²) >= 11 is 0. The zero-order valence-electron chi connectivity index (χ0n) is 29.8. The van der Waals surface area contributed by atoms with Gasteiger partial charge in [-0.2, -0.15) is 0 Å². The molecule has 2 nitrogen and oxygen atoms in total. The van der Waals surface area contributed by atoms with Crippen molar-refractivity contribution in [1.82, 2.24) is 0 Å². The fourth-order valence-electron chi connectivity index (χ4n) is 5.36. The van der Waals surface area contributed by atoms with Crippen molar-refractivity contribution in [2.24, 2.45) is 0 Å². The lowest BCUT2D eigenvalue weighted by molar-refractivity contribution is -0.137. The Morgan fingerprint density at radius 3 is 1.18 bits per heavy atom. The van der Waals surface area contributed by atoms with Crippen LogP contribution in [0.4, 0.5) is 0 Å². The Labute approximate surface area is 276 Å². The summed E-state index contributed by atoms with van der Waals surface area (Å²) in [5.74, 6) is -0.137. The quantitative estimate of drug-likeness (QED) is 0.0320. The smallest absolute Gasteiger partial charge is 0.330 e. The van der Waals surface area contributed by atoms with Crippen LogP contribution in [0.15, 0.2) is 60.3 Å². The summed E-state index contributed by atoms with van der Waals surface area (Å²) in [4.78, 5) is 12.2. The molecule has 0 saturated carbocycles. The highest BCUT2D eigenvalue weighted by Gasteiger charge is 2.04. The van der Waals surface area contributed by atoms with E-state index < -0.39 is 0 Å². The van der Waals surface area contributed by atoms with Gasteiger partial charge < -0.3 is 4.74 Å². The minimum Gasteiger partial charge on any atom is -0.463 e. The van der Waals surface area contributed by atoms with Crippen molar-refractivity contribution < 1.29 is 9.53 Å². The predicted octanol–water partition coefficient (Wildman–Crippen LogP) is 14.3. The molecule has 0 aromatic heterocycles. The first-order valence-corrected chi connectivity index (χ1v) is 19.2. The molecule has 0 amide bonds. The normalized spacial score (nSPS) is 12.0. The minimum absolute atomic E-state index is 0.137. The maximum Gasteiger partial charge on any atom is 0.330 e. The number of hydrogen-bond donors (Lipinski definition) is 0. The third-order valence-corrected chi connectivity index (χ3v) is 8.17. The Morgan fingerprint density at radius 2 is 0.795 bits per heavy atom. The topological polar surface area (TPSA) is 26.3 Å². The standard InChI is InChI=1S/C42H74O2/c1-4-7-9-11-13-15-17-19-21-23-25-27-29-31-33-35-37-41(40-42(43)44-39-6-3)38-36-34-32-30-28-26-24-22-20-18-16-14-12-10-8-5-2/h13-16,19-22,40H,4-12,17-18,23-39H2,1-3H3/b15-13-,16-14-,21-19-,22-20-. The van der Waals surface area contributed by atoms with Crippen LogP contribution in [0.3, 0.4) is 0 Å². The second-order valence-electron chi connectivity index (χ2n) is 12.6. The van der Waals surface area contributed by atoms with Gasteiger partial charge in [-0.15, -0.1) is 0 Å². The molecule has 0 unspecified atom stereocenters. The average molecular weight is 611 g/mol. The molecule has 44 heavy (non-hydrogen) atoms. The van der Waals surface area contributed by atoms with Crippen molar-refractivity contribution in [3.8, 4) is 0 Å². The van der Waals surface area contributed by atoms with Crippen LogP contribution in [0.25, 0.3) is 0 Å². The molecular weight excluding hydrogens is 536 g/mol. The highest BCUT2D eigenvalue weighted by molar-refractivity contribution is 5.82. The number of ether oxygens (including phenoxy) is 1. The van der Waals surface area contributed by atoms with Crippen molar-refractivity contribution in [1.29, 1.82) is 0 Å². The second-order valence-corrected chi connectivity index (χ2v) is 12.6. The van der Waals surface area contributed by atoms with E-state index in [1.54, 1.807) is 0 Å². The first kappa shape index (κ1) is 42.2. The van der Waals surface area contributed by atoms with Gasteiger partial charge in [-0.25, -0.2) is 4.79 Å². The lowest BCUT2D eigenvalue weighted by Gasteiger charge is -2.09. The molecule has 0 saturated heterocycles. The lowest BCUT2D eigenvalue weighted by atomic mass is 9.99. The van der Waals surface area contributed by atoms with Gasteiger partial charge in [0.15, 0.2) is 0 Å². The van der Waals surface area contributed by atoms with Crippen LogP contribution in [0, 0.1) is 0 Å². The molecule has 0 aliphatic heterocycles. The molecule has 0 aliphatic rings. The van der Waals surface area contributed by atoms with Crippen LogP contribution >= 0.6 is 0 Å². The van der Waals surface area contributed by atoms with Gasteiger partial charge in [-0.1, -0.05) is 152 Å². The van der Waals surface area contributed by atoms with Crippen molar-refractivity contribution in [3.05, 3.63) is 60.3 Å². The van der Waals surface area contributed by atoms with Crippen LogP contribution in [0.2, 0.25) is 0 Å². The van der Waals surface area contributed by atoms with Crippen LogP contribution < -0.4 is 0 Å². The number of carbonyl (C=O) groups is 1. The van der Waals surface area contributed by atoms with Gasteiger partial charge in [0.2, 0.25) is 0 Å². The molecule has 0 rings (SSSR count). The summed E-state index contributed by atoms with van der Waals surface area (Å²) in [7, 11) is 0. The van der Waals surface area contributed by atoms with Crippen molar-refractivity contribution in [3.63, 3.8) is 0 Å². The highest BCUT2D eigenvalue weighted by atomic mass is 16.5. The van der Waals surface area contributed by atoms with Gasteiger partial charge in [-0.05, 0) is 96.3 Å². The zero-order valence-corrected chi connectivity index (χ0v) is 29.8. The van der Waals surface area contributed by atoms with E-state index in [-0.39, 0.29) is 5.97 Å². The van der Waals surface area contributed by atoms with E-state index in [4.69, 9.17) is 4.74 Å². The maximum absolute atomic E-state index is 12.2. The summed E-state index contributed by atoms with van der Waals surface area (Å²) < 4.78 is 5.35. The molecule has 0 radical (unpaired) electrons. The van der Waals surface area contributed by atoms with Crippen LogP contribution in [0.5, 0.6) is 0 Å². The molecule has 0 aromatic carbocycles. The van der Waals surface area contributed by atoms with Crippen molar-refractivity contribution in [2.45, 2.75) is 194 Å². The molecule has 0 aromatic rings. The third-order valence-electron chi connectivity index (χ3n) is 8.17. The van der Waals surface area contributed by atoms with Crippen LogP contribution in [0.1, 0.15) is 194 Å². The minimum atomic E-state index is -0.137. The molecular formula is C42H74O2. The fourth-order valence-corrected chi connectivity index (χ4v) is 5.36. The summed E-state index contributed by atoms with van der Waals surface area (Å²) in [5.41, 5.74) is 1.31. The summed E-state index contributed by atoms with van der Waals surface area (Å²) in [6.07, 6.45) is 54.0. The van der Waals surface area contributed by atoms with Gasteiger partial charge in [-0.3, -0.25) is 0 Å². The molecule has 0 bridgehead atoms. The van der Waals surface area contributed by atoms with E-state index in [0.29, 0.717) is 6.61 Å². The van der Waals surface area contributed by atoms with Gasteiger partial charge in [0, 0.05) is 6.08 Å². The summed E-state index contributed by atoms with van der Waals surface area (Å²) in [6, 6.07) is 0. The Bertz CT molecular complexity index is 689. The molecule has 0 aliphatic carbocycles. The number of allylic oxidation sites excluding steroid dienone is 9. The number of esters is 1. The van der Waals surface area contributed by atoms with E-state index in [1.165, 1.54) is 147 Å². The van der Waals surface area contributed by atoms with Crippen molar-refractivity contribution >= 4 is 5.97 Å². The predicted molar refractivity (Wildman–Crippen MR) is 197 cm³/mol. The van der Waals surface area contributed by atoms with E-state index in [1.807, 2.05) is 13.0 Å². The summed E-state index contributed by atoms with van der Waals surface area (Å²) in [6.45, 7) is 7.09. The van der Waals surface area contributed by atoms with E-state index >= 15 is 0 Å². The van der Waals surface area contributed by atoms with Crippen molar-refractivity contribution in [2.75, 3.05) is 6.61 Å². The van der Waals surface area contributed by atoms with Gasteiger partial charge in [0.05, 0.1) is 6.61 Å². The monoisotopic (exact) mass is 611 g/mol. The van der Waals surface area contributed by atoms with E-state index in [9.17, 15) is 4.79 Å². The largest absolute Gasteiger partial charge is 0.463 e. The summed E-state index contributed by atoms with van der Waals surface area (Å²) in [5, 5.41) is 0. The number of hydrogen-bond acceptors (Lipinski definition) is 2. The number of rotatable bonds is 33. The first-order valence-electron chi connectivity index (χ1n) is 19.2. The Morgan fingerprint density at radius 1 is 0.432 bits per heavy atom. The molecule has 0 atom stereocenters. The Hall–Kier alpha value is -1.83. The second kappa shape index (κ2) is 37.4. The third kappa shape index (κ3) is 34.7. The van der Waals surface area contributed by atoms with Gasteiger partial charge >= 0.3 is 5.97 Å². The fraction of sp³-hybridized carbons (Fsp3) is 0.738.